The monoisotopic (exact) mass is 637 g/mol. The van der Waals surface area contributed by atoms with Crippen LogP contribution < -0.4 is 14.5 Å². The molecule has 2 saturated heterocycles. The van der Waals surface area contributed by atoms with Crippen LogP contribution in [0, 0.1) is 18.3 Å². The molecule has 2 aromatic carbocycles. The van der Waals surface area contributed by atoms with Gasteiger partial charge in [0.2, 0.25) is 5.91 Å². The molecule has 1 aromatic heterocycles. The number of methoxy groups -OCH3 is 1. The first-order chi connectivity index (χ1) is 22.1. The standard InChI is InChI=1S/C27H30FN5O2.C5H9F2N.C2H3N/c1-19-6-3-7-20-8-4-9-23(25(19)20)33-13-11-21-22(18-33)29-27(35-2)30-26(21)32-16-14-31(15-17-32)24(34)10-5-12-28;1-8-3-2-5(6,7)4-8;1-2-3/h3-10H,11-18H2,1-2H3;2-4H2,1H3;1H3/b10-5+;;. The van der Waals surface area contributed by atoms with Crippen LogP contribution in [0.3, 0.4) is 0 Å². The van der Waals surface area contributed by atoms with Crippen molar-refractivity contribution < 1.29 is 22.7 Å². The molecule has 3 aromatic rings. The zero-order valence-corrected chi connectivity index (χ0v) is 27.0. The van der Waals surface area contributed by atoms with Crippen molar-refractivity contribution in [2.24, 2.45) is 0 Å². The highest BCUT2D eigenvalue weighted by Crippen LogP contribution is 2.35. The van der Waals surface area contributed by atoms with Crippen molar-refractivity contribution in [1.82, 2.24) is 19.8 Å². The number of anilines is 2. The van der Waals surface area contributed by atoms with Crippen molar-refractivity contribution in [1.29, 1.82) is 5.26 Å². The van der Waals surface area contributed by atoms with Crippen LogP contribution in [0.4, 0.5) is 24.7 Å². The van der Waals surface area contributed by atoms with E-state index in [1.807, 2.05) is 0 Å². The lowest BCUT2D eigenvalue weighted by Crippen LogP contribution is -2.49. The number of nitriles is 1. The van der Waals surface area contributed by atoms with Crippen LogP contribution in [0.1, 0.15) is 30.2 Å². The normalized spacial score (nSPS) is 17.5. The molecule has 0 unspecified atom stereocenters. The Balaban J connectivity index is 0.000000373. The summed E-state index contributed by atoms with van der Waals surface area (Å²) < 4.78 is 42.1. The van der Waals surface area contributed by atoms with Gasteiger partial charge in [0.1, 0.15) is 12.5 Å². The smallest absolute Gasteiger partial charge is 0.318 e. The van der Waals surface area contributed by atoms with E-state index in [0.717, 1.165) is 30.0 Å². The van der Waals surface area contributed by atoms with E-state index in [1.54, 1.807) is 30.0 Å². The second kappa shape index (κ2) is 15.8. The maximum Gasteiger partial charge on any atom is 0.318 e. The van der Waals surface area contributed by atoms with Crippen molar-refractivity contribution >= 4 is 28.2 Å². The van der Waals surface area contributed by atoms with E-state index in [-0.39, 0.29) is 18.9 Å². The second-order valence-corrected chi connectivity index (χ2v) is 11.5. The fourth-order valence-corrected chi connectivity index (χ4v) is 6.01. The molecular formula is C34H42F3N7O2. The molecule has 12 heteroatoms. The molecule has 0 radical (unpaired) electrons. The zero-order chi connectivity index (χ0) is 33.3. The summed E-state index contributed by atoms with van der Waals surface area (Å²) in [6.07, 6.45) is 3.43. The number of carbonyl (C=O) groups is 1. The number of aryl methyl sites for hydroxylation is 1. The van der Waals surface area contributed by atoms with Gasteiger partial charge >= 0.3 is 6.01 Å². The minimum atomic E-state index is -2.41. The Morgan fingerprint density at radius 3 is 2.35 bits per heavy atom. The average Bonchev–Trinajstić information content (AvgIpc) is 3.38. The number of benzene rings is 2. The molecular weight excluding hydrogens is 595 g/mol. The van der Waals surface area contributed by atoms with Crippen LogP contribution in [-0.4, -0.2) is 98.2 Å². The third-order valence-electron chi connectivity index (χ3n) is 8.24. The number of carbonyl (C=O) groups excluding carboxylic acids is 1. The zero-order valence-electron chi connectivity index (χ0n) is 27.0. The summed E-state index contributed by atoms with van der Waals surface area (Å²) >= 11 is 0. The van der Waals surface area contributed by atoms with Gasteiger partial charge in [0, 0.05) is 75.3 Å². The first-order valence-electron chi connectivity index (χ1n) is 15.4. The highest BCUT2D eigenvalue weighted by Gasteiger charge is 2.36. The number of likely N-dealkylation sites (tertiary alicyclic amines) is 1. The van der Waals surface area contributed by atoms with Gasteiger partial charge < -0.3 is 24.3 Å². The molecule has 3 aliphatic heterocycles. The van der Waals surface area contributed by atoms with E-state index in [9.17, 15) is 18.0 Å². The number of ether oxygens (including phenoxy) is 1. The SMILES string of the molecule is CC#N.CN1CCC(F)(F)C1.COc1nc2c(c(N3CCN(C(=O)/C=C/CF)CC3)n1)CCN(c1cccc3cccc(C)c13)C2. The van der Waals surface area contributed by atoms with Gasteiger partial charge in [-0.05, 0) is 43.5 Å². The number of amides is 1. The number of nitrogens with zero attached hydrogens (tertiary/aromatic N) is 7. The Morgan fingerprint density at radius 1 is 1.07 bits per heavy atom. The number of hydrogen-bond donors (Lipinski definition) is 0. The summed E-state index contributed by atoms with van der Waals surface area (Å²) in [4.78, 5) is 29.7. The van der Waals surface area contributed by atoms with E-state index in [1.165, 1.54) is 41.1 Å². The summed E-state index contributed by atoms with van der Waals surface area (Å²) in [7, 11) is 3.30. The summed E-state index contributed by atoms with van der Waals surface area (Å²) in [5, 5.41) is 9.84. The molecule has 0 spiro atoms. The predicted molar refractivity (Wildman–Crippen MR) is 174 cm³/mol. The van der Waals surface area contributed by atoms with Gasteiger partial charge in [-0.15, -0.1) is 0 Å². The summed E-state index contributed by atoms with van der Waals surface area (Å²) in [5.74, 6) is -1.66. The van der Waals surface area contributed by atoms with Crippen molar-refractivity contribution in [2.75, 3.05) is 76.4 Å². The quantitative estimate of drug-likeness (QED) is 0.354. The predicted octanol–water partition coefficient (Wildman–Crippen LogP) is 5.17. The number of alkyl halides is 3. The number of fused-ring (bicyclic) bond motifs is 2. The van der Waals surface area contributed by atoms with Crippen LogP contribution in [-0.2, 0) is 17.8 Å². The van der Waals surface area contributed by atoms with Crippen molar-refractivity contribution in [3.05, 3.63) is 65.4 Å². The molecule has 0 saturated carbocycles. The molecule has 3 aliphatic rings. The Hall–Kier alpha value is -4.37. The molecule has 0 N–H and O–H groups in total. The van der Waals surface area contributed by atoms with E-state index < -0.39 is 12.6 Å². The number of aromatic nitrogens is 2. The Morgan fingerprint density at radius 2 is 1.76 bits per heavy atom. The molecule has 0 bridgehead atoms. The lowest BCUT2D eigenvalue weighted by Gasteiger charge is -2.38. The van der Waals surface area contributed by atoms with E-state index in [2.05, 4.69) is 53.1 Å². The number of rotatable bonds is 5. The highest BCUT2D eigenvalue weighted by molar-refractivity contribution is 5.97. The minimum absolute atomic E-state index is 0.0312. The lowest BCUT2D eigenvalue weighted by atomic mass is 9.99. The molecule has 6 rings (SSSR count). The molecule has 1 amide bonds. The van der Waals surface area contributed by atoms with Gasteiger partial charge in [0.25, 0.3) is 5.92 Å². The number of hydrogen-bond acceptors (Lipinski definition) is 8. The maximum absolute atomic E-state index is 12.4. The lowest BCUT2D eigenvalue weighted by molar-refractivity contribution is -0.126. The van der Waals surface area contributed by atoms with Crippen molar-refractivity contribution in [2.45, 2.75) is 39.2 Å². The third-order valence-corrected chi connectivity index (χ3v) is 8.24. The van der Waals surface area contributed by atoms with Gasteiger partial charge in [-0.1, -0.05) is 30.3 Å². The molecule has 46 heavy (non-hydrogen) atoms. The second-order valence-electron chi connectivity index (χ2n) is 11.5. The van der Waals surface area contributed by atoms with E-state index >= 15 is 0 Å². The fraction of sp³-hybridized carbons (Fsp3) is 0.471. The van der Waals surface area contributed by atoms with E-state index in [0.29, 0.717) is 45.3 Å². The van der Waals surface area contributed by atoms with Gasteiger partial charge in [0.15, 0.2) is 0 Å². The van der Waals surface area contributed by atoms with Gasteiger partial charge in [-0.25, -0.2) is 13.2 Å². The topological polar surface area (TPSA) is 88.8 Å². The third kappa shape index (κ3) is 8.46. The molecule has 0 atom stereocenters. The van der Waals surface area contributed by atoms with Crippen molar-refractivity contribution in [3.8, 4) is 12.1 Å². The Labute approximate surface area is 268 Å². The van der Waals surface area contributed by atoms with Crippen LogP contribution in [0.15, 0.2) is 48.6 Å². The number of halogens is 3. The molecule has 4 heterocycles. The molecule has 0 aliphatic carbocycles. The maximum atomic E-state index is 12.4. The number of allylic oxidation sites excluding steroid dienone is 1. The fourth-order valence-electron chi connectivity index (χ4n) is 6.01. The largest absolute Gasteiger partial charge is 0.467 e. The van der Waals surface area contributed by atoms with Crippen LogP contribution >= 0.6 is 0 Å². The van der Waals surface area contributed by atoms with E-state index in [4.69, 9.17) is 20.0 Å². The van der Waals surface area contributed by atoms with Crippen LogP contribution in [0.25, 0.3) is 10.8 Å². The Kier molecular flexibility index (Phi) is 11.8. The van der Waals surface area contributed by atoms with Gasteiger partial charge in [-0.3, -0.25) is 4.79 Å². The molecule has 2 fully saturated rings. The first-order valence-corrected chi connectivity index (χ1v) is 15.4. The van der Waals surface area contributed by atoms with Gasteiger partial charge in [-0.2, -0.15) is 15.2 Å². The summed E-state index contributed by atoms with van der Waals surface area (Å²) in [6.45, 7) is 7.44. The average molecular weight is 638 g/mol. The number of piperazine rings is 1. The Bertz CT molecular complexity index is 1560. The van der Waals surface area contributed by atoms with Crippen LogP contribution in [0.2, 0.25) is 0 Å². The molecule has 246 valence electrons. The first kappa shape index (κ1) is 34.5. The van der Waals surface area contributed by atoms with Crippen LogP contribution in [0.5, 0.6) is 6.01 Å². The molecule has 9 nitrogen and oxygen atoms in total. The van der Waals surface area contributed by atoms with Gasteiger partial charge in [0.05, 0.1) is 32.0 Å². The van der Waals surface area contributed by atoms with Crippen molar-refractivity contribution in [3.63, 3.8) is 0 Å². The highest BCUT2D eigenvalue weighted by atomic mass is 19.3. The summed E-state index contributed by atoms with van der Waals surface area (Å²) in [5.41, 5.74) is 4.61. The minimum Gasteiger partial charge on any atom is -0.467 e. The summed E-state index contributed by atoms with van der Waals surface area (Å²) in [6, 6.07) is 15.0.